The van der Waals surface area contributed by atoms with E-state index in [1.54, 1.807) is 50.0 Å². The molecule has 1 aliphatic rings. The van der Waals surface area contributed by atoms with Crippen LogP contribution in [0.1, 0.15) is 22.5 Å². The predicted molar refractivity (Wildman–Crippen MR) is 111 cm³/mol. The van der Waals surface area contributed by atoms with Gasteiger partial charge in [0, 0.05) is 42.5 Å². The molecule has 0 atom stereocenters. The number of ether oxygens (including phenoxy) is 1. The molecule has 152 valence electrons. The number of rotatable bonds is 5. The summed E-state index contributed by atoms with van der Waals surface area (Å²) in [5.41, 5.74) is 2.61. The van der Waals surface area contributed by atoms with Gasteiger partial charge in [-0.3, -0.25) is 14.6 Å². The maximum absolute atomic E-state index is 13.0. The Labute approximate surface area is 173 Å². The number of pyridine rings is 1. The number of methoxy groups -OCH3 is 1. The summed E-state index contributed by atoms with van der Waals surface area (Å²) in [5, 5.41) is 2.81. The van der Waals surface area contributed by atoms with E-state index in [4.69, 9.17) is 4.74 Å². The molecule has 1 N–H and O–H groups in total. The lowest BCUT2D eigenvalue weighted by Gasteiger charge is -2.20. The van der Waals surface area contributed by atoms with Gasteiger partial charge in [0.2, 0.25) is 5.91 Å². The summed E-state index contributed by atoms with van der Waals surface area (Å²) in [6.07, 6.45) is 6.28. The maximum atomic E-state index is 13.0. The second-order valence-electron chi connectivity index (χ2n) is 6.90. The Balaban J connectivity index is 1.49. The fraction of sp³-hybridized carbons (Fsp3) is 0.227. The highest BCUT2D eigenvalue weighted by Crippen LogP contribution is 2.21. The van der Waals surface area contributed by atoms with Crippen LogP contribution in [0.2, 0.25) is 0 Å². The van der Waals surface area contributed by atoms with Crippen molar-refractivity contribution in [1.29, 1.82) is 0 Å². The van der Waals surface area contributed by atoms with Crippen LogP contribution in [0.15, 0.2) is 55.0 Å². The van der Waals surface area contributed by atoms with Crippen LogP contribution in [0.4, 0.5) is 5.69 Å². The Hall–Kier alpha value is -3.81. The second kappa shape index (κ2) is 8.69. The number of nitrogens with zero attached hydrogens (tertiary/aromatic N) is 4. The molecule has 3 heterocycles. The van der Waals surface area contributed by atoms with Crippen molar-refractivity contribution in [2.75, 3.05) is 25.5 Å². The number of nitrogens with one attached hydrogen (secondary N) is 1. The molecule has 1 aromatic carbocycles. The fourth-order valence-corrected chi connectivity index (χ4v) is 3.36. The topological polar surface area (TPSA) is 97.3 Å². The summed E-state index contributed by atoms with van der Waals surface area (Å²) in [6.45, 7) is 0.437. The zero-order valence-electron chi connectivity index (χ0n) is 16.5. The van der Waals surface area contributed by atoms with Gasteiger partial charge < -0.3 is 15.0 Å². The second-order valence-corrected chi connectivity index (χ2v) is 6.90. The molecule has 2 aromatic heterocycles. The van der Waals surface area contributed by atoms with Crippen LogP contribution in [0.5, 0.6) is 5.75 Å². The number of aryl methyl sites for hydroxylation is 1. The van der Waals surface area contributed by atoms with Gasteiger partial charge in [0.25, 0.3) is 5.91 Å². The van der Waals surface area contributed by atoms with Crippen LogP contribution in [-0.4, -0.2) is 51.9 Å². The molecule has 1 aliphatic heterocycles. The summed E-state index contributed by atoms with van der Waals surface area (Å²) < 4.78 is 5.17. The molecule has 0 aliphatic carbocycles. The van der Waals surface area contributed by atoms with Gasteiger partial charge in [-0.1, -0.05) is 6.07 Å². The SMILES string of the molecule is COc1cccc(NC(=O)CN2CCCc3nc(-c4ccncc4)ncc3C2=O)c1. The lowest BCUT2D eigenvalue weighted by molar-refractivity contribution is -0.116. The largest absolute Gasteiger partial charge is 0.497 e. The summed E-state index contributed by atoms with van der Waals surface area (Å²) in [5.74, 6) is 0.710. The van der Waals surface area contributed by atoms with Crippen LogP contribution in [0, 0.1) is 0 Å². The number of carbonyl (C=O) groups is 2. The number of anilines is 1. The molecule has 8 heteroatoms. The molecular formula is C22H21N5O3. The fourth-order valence-electron chi connectivity index (χ4n) is 3.36. The predicted octanol–water partition coefficient (Wildman–Crippen LogP) is 2.57. The molecule has 4 rings (SSSR count). The van der Waals surface area contributed by atoms with Crippen molar-refractivity contribution in [2.45, 2.75) is 12.8 Å². The smallest absolute Gasteiger partial charge is 0.257 e. The van der Waals surface area contributed by atoms with E-state index in [-0.39, 0.29) is 18.4 Å². The Bertz CT molecular complexity index is 1070. The average Bonchev–Trinajstić information content (AvgIpc) is 2.93. The van der Waals surface area contributed by atoms with Gasteiger partial charge in [0.1, 0.15) is 12.3 Å². The lowest BCUT2D eigenvalue weighted by atomic mass is 10.1. The molecule has 0 saturated carbocycles. The van der Waals surface area contributed by atoms with Crippen molar-refractivity contribution in [3.63, 3.8) is 0 Å². The van der Waals surface area contributed by atoms with Gasteiger partial charge >= 0.3 is 0 Å². The highest BCUT2D eigenvalue weighted by molar-refractivity contribution is 6.00. The normalized spacial score (nSPS) is 13.4. The van der Waals surface area contributed by atoms with Gasteiger partial charge in [0.05, 0.1) is 18.4 Å². The monoisotopic (exact) mass is 403 g/mol. The number of hydrogen-bond acceptors (Lipinski definition) is 6. The zero-order valence-corrected chi connectivity index (χ0v) is 16.5. The molecule has 30 heavy (non-hydrogen) atoms. The number of fused-ring (bicyclic) bond motifs is 1. The van der Waals surface area contributed by atoms with Crippen LogP contribution in [0.25, 0.3) is 11.4 Å². The van der Waals surface area contributed by atoms with E-state index in [1.807, 2.05) is 12.1 Å². The Morgan fingerprint density at radius 2 is 2.07 bits per heavy atom. The third-order valence-electron chi connectivity index (χ3n) is 4.85. The standard InChI is InChI=1S/C22H21N5O3/c1-30-17-5-2-4-16(12-17)25-20(28)14-27-11-3-6-19-18(22(27)29)13-24-21(26-19)15-7-9-23-10-8-15/h2,4-5,7-10,12-13H,3,6,11,14H2,1H3,(H,25,28). The molecule has 0 unspecified atom stereocenters. The molecule has 0 saturated heterocycles. The minimum atomic E-state index is -0.269. The Morgan fingerprint density at radius 1 is 1.23 bits per heavy atom. The summed E-state index contributed by atoms with van der Waals surface area (Å²) in [7, 11) is 1.57. The van der Waals surface area contributed by atoms with Crippen molar-refractivity contribution in [3.8, 4) is 17.1 Å². The van der Waals surface area contributed by atoms with Crippen molar-refractivity contribution < 1.29 is 14.3 Å². The third-order valence-corrected chi connectivity index (χ3v) is 4.85. The van der Waals surface area contributed by atoms with E-state index in [2.05, 4.69) is 20.3 Å². The first-order valence-electron chi connectivity index (χ1n) is 9.63. The molecular weight excluding hydrogens is 382 g/mol. The third kappa shape index (κ3) is 4.27. The quantitative estimate of drug-likeness (QED) is 0.703. The molecule has 0 spiro atoms. The number of hydrogen-bond donors (Lipinski definition) is 1. The van der Waals surface area contributed by atoms with Gasteiger partial charge in [-0.25, -0.2) is 9.97 Å². The minimum Gasteiger partial charge on any atom is -0.497 e. The van der Waals surface area contributed by atoms with Crippen molar-refractivity contribution >= 4 is 17.5 Å². The number of carbonyl (C=O) groups excluding carboxylic acids is 2. The molecule has 2 amide bonds. The maximum Gasteiger partial charge on any atom is 0.257 e. The average molecular weight is 403 g/mol. The van der Waals surface area contributed by atoms with Gasteiger partial charge in [0.15, 0.2) is 5.82 Å². The molecule has 0 bridgehead atoms. The molecule has 0 fully saturated rings. The number of benzene rings is 1. The highest BCUT2D eigenvalue weighted by atomic mass is 16.5. The van der Waals surface area contributed by atoms with Gasteiger partial charge in [-0.05, 0) is 37.1 Å². The van der Waals surface area contributed by atoms with E-state index in [0.717, 1.165) is 12.0 Å². The van der Waals surface area contributed by atoms with E-state index < -0.39 is 0 Å². The highest BCUT2D eigenvalue weighted by Gasteiger charge is 2.26. The summed E-state index contributed by atoms with van der Waals surface area (Å²) >= 11 is 0. The Kier molecular flexibility index (Phi) is 5.65. The van der Waals surface area contributed by atoms with E-state index in [9.17, 15) is 9.59 Å². The van der Waals surface area contributed by atoms with Crippen LogP contribution < -0.4 is 10.1 Å². The van der Waals surface area contributed by atoms with E-state index in [0.29, 0.717) is 41.5 Å². The van der Waals surface area contributed by atoms with E-state index in [1.165, 1.54) is 4.90 Å². The molecule has 8 nitrogen and oxygen atoms in total. The summed E-state index contributed by atoms with van der Waals surface area (Å²) in [4.78, 5) is 40.0. The lowest BCUT2D eigenvalue weighted by Crippen LogP contribution is -2.38. The van der Waals surface area contributed by atoms with Crippen molar-refractivity contribution in [1.82, 2.24) is 19.9 Å². The first kappa shape index (κ1) is 19.5. The zero-order chi connectivity index (χ0) is 20.9. The Morgan fingerprint density at radius 3 is 2.87 bits per heavy atom. The molecule has 3 aromatic rings. The van der Waals surface area contributed by atoms with E-state index >= 15 is 0 Å². The van der Waals surface area contributed by atoms with Crippen LogP contribution in [0.3, 0.4) is 0 Å². The van der Waals surface area contributed by atoms with Crippen LogP contribution in [-0.2, 0) is 11.2 Å². The van der Waals surface area contributed by atoms with Crippen molar-refractivity contribution in [2.24, 2.45) is 0 Å². The van der Waals surface area contributed by atoms with Crippen LogP contribution >= 0.6 is 0 Å². The van der Waals surface area contributed by atoms with Crippen molar-refractivity contribution in [3.05, 3.63) is 66.2 Å². The number of aromatic nitrogens is 3. The first-order valence-corrected chi connectivity index (χ1v) is 9.63. The van der Waals surface area contributed by atoms with Gasteiger partial charge in [-0.2, -0.15) is 0 Å². The first-order chi connectivity index (χ1) is 14.6. The summed E-state index contributed by atoms with van der Waals surface area (Å²) in [6, 6.07) is 10.7. The minimum absolute atomic E-state index is 0.0401. The van der Waals surface area contributed by atoms with Gasteiger partial charge in [-0.15, -0.1) is 0 Å². The molecule has 0 radical (unpaired) electrons. The number of amides is 2.